The van der Waals surface area contributed by atoms with E-state index in [-0.39, 0.29) is 11.8 Å². The van der Waals surface area contributed by atoms with E-state index in [0.717, 1.165) is 22.6 Å². The molecule has 0 saturated carbocycles. The van der Waals surface area contributed by atoms with Crippen LogP contribution in [-0.2, 0) is 9.59 Å². The topological polar surface area (TPSA) is 106 Å². The first-order valence-electron chi connectivity index (χ1n) is 10.1. The molecule has 0 unspecified atom stereocenters. The summed E-state index contributed by atoms with van der Waals surface area (Å²) in [5.74, 6) is 0.888. The van der Waals surface area contributed by atoms with E-state index >= 15 is 0 Å². The van der Waals surface area contributed by atoms with Crippen molar-refractivity contribution in [2.24, 2.45) is 5.73 Å². The molecule has 0 aliphatic carbocycles. The molecule has 1 heterocycles. The van der Waals surface area contributed by atoms with Crippen molar-refractivity contribution in [3.05, 3.63) is 47.7 Å². The maximum Gasteiger partial charge on any atom is 0.258 e. The van der Waals surface area contributed by atoms with Gasteiger partial charge in [0.05, 0.1) is 25.5 Å². The third kappa shape index (κ3) is 4.49. The minimum atomic E-state index is -0.182. The van der Waals surface area contributed by atoms with Crippen LogP contribution in [-0.4, -0.2) is 39.6 Å². The lowest BCUT2D eigenvalue weighted by Gasteiger charge is -2.18. The number of nitrogens with two attached hydrogens (primary N) is 1. The van der Waals surface area contributed by atoms with Gasteiger partial charge in [-0.1, -0.05) is 6.92 Å². The van der Waals surface area contributed by atoms with Crippen LogP contribution in [0.25, 0.3) is 5.57 Å². The smallest absolute Gasteiger partial charge is 0.258 e. The Morgan fingerprint density at radius 1 is 1.13 bits per heavy atom. The van der Waals surface area contributed by atoms with Gasteiger partial charge in [0.2, 0.25) is 5.91 Å². The highest BCUT2D eigenvalue weighted by Gasteiger charge is 2.29. The first kappa shape index (κ1) is 22.2. The van der Waals surface area contributed by atoms with E-state index < -0.39 is 0 Å². The van der Waals surface area contributed by atoms with Crippen LogP contribution < -0.4 is 30.7 Å². The van der Waals surface area contributed by atoms with Crippen molar-refractivity contribution in [2.45, 2.75) is 19.8 Å². The minimum Gasteiger partial charge on any atom is -0.493 e. The lowest BCUT2D eigenvalue weighted by Crippen LogP contribution is -2.28. The van der Waals surface area contributed by atoms with E-state index in [1.54, 1.807) is 38.3 Å². The summed E-state index contributed by atoms with van der Waals surface area (Å²) in [7, 11) is 4.84. The number of fused-ring (bicyclic) bond motifs is 1. The zero-order chi connectivity index (χ0) is 22.5. The molecule has 164 valence electrons. The Balaban J connectivity index is 1.91. The number of amides is 2. The second kappa shape index (κ2) is 9.53. The molecule has 1 aliphatic heterocycles. The summed E-state index contributed by atoms with van der Waals surface area (Å²) < 4.78 is 10.7. The van der Waals surface area contributed by atoms with Gasteiger partial charge in [-0.3, -0.25) is 9.59 Å². The Labute approximate surface area is 182 Å². The monoisotopic (exact) mass is 424 g/mol. The number of carbonyl (C=O) groups is 2. The van der Waals surface area contributed by atoms with Crippen LogP contribution in [0.5, 0.6) is 11.5 Å². The Kier molecular flexibility index (Phi) is 6.81. The normalized spacial score (nSPS) is 13.9. The van der Waals surface area contributed by atoms with Gasteiger partial charge in [-0.15, -0.1) is 0 Å². The predicted molar refractivity (Wildman–Crippen MR) is 123 cm³/mol. The van der Waals surface area contributed by atoms with Gasteiger partial charge < -0.3 is 30.7 Å². The number of nitrogens with zero attached hydrogens (tertiary/aromatic N) is 1. The van der Waals surface area contributed by atoms with Gasteiger partial charge >= 0.3 is 0 Å². The third-order valence-electron chi connectivity index (χ3n) is 5.21. The van der Waals surface area contributed by atoms with Crippen molar-refractivity contribution in [3.8, 4) is 11.5 Å². The fourth-order valence-electron chi connectivity index (χ4n) is 3.50. The molecule has 0 aromatic heterocycles. The quantitative estimate of drug-likeness (QED) is 0.562. The number of hydrogen-bond acceptors (Lipinski definition) is 6. The first-order chi connectivity index (χ1) is 14.9. The van der Waals surface area contributed by atoms with Gasteiger partial charge in [0.15, 0.2) is 11.5 Å². The standard InChI is InChI=1S/C23H28N4O4/c1-5-17(25-14-6-8-15(9-7-14)27(2)21(28)10-11-24)22-16-12-19(30-3)20(31-4)13-18(16)26-23(22)29/h6-9,12-13,25H,5,10-11,24H2,1-4H3,(H,26,29)/b22-17+. The molecular weight excluding hydrogens is 396 g/mol. The molecule has 2 aromatic rings. The Morgan fingerprint density at radius 2 is 1.77 bits per heavy atom. The van der Waals surface area contributed by atoms with Gasteiger partial charge in [0.1, 0.15) is 0 Å². The lowest BCUT2D eigenvalue weighted by molar-refractivity contribution is -0.118. The summed E-state index contributed by atoms with van der Waals surface area (Å²) in [5.41, 5.74) is 9.85. The summed E-state index contributed by atoms with van der Waals surface area (Å²) in [5, 5.41) is 6.25. The van der Waals surface area contributed by atoms with Crippen LogP contribution in [0.1, 0.15) is 25.3 Å². The van der Waals surface area contributed by atoms with Crippen LogP contribution in [0.4, 0.5) is 17.1 Å². The van der Waals surface area contributed by atoms with Gasteiger partial charge in [-0.25, -0.2) is 0 Å². The second-order valence-corrected chi connectivity index (χ2v) is 7.08. The van der Waals surface area contributed by atoms with E-state index in [2.05, 4.69) is 10.6 Å². The number of nitrogens with one attached hydrogen (secondary N) is 2. The average molecular weight is 425 g/mol. The van der Waals surface area contributed by atoms with Crippen molar-refractivity contribution in [2.75, 3.05) is 43.3 Å². The van der Waals surface area contributed by atoms with E-state index in [4.69, 9.17) is 15.2 Å². The average Bonchev–Trinajstić information content (AvgIpc) is 3.10. The summed E-state index contributed by atoms with van der Waals surface area (Å²) >= 11 is 0. The molecule has 31 heavy (non-hydrogen) atoms. The number of rotatable bonds is 8. The molecule has 8 nitrogen and oxygen atoms in total. The first-order valence-corrected chi connectivity index (χ1v) is 10.1. The third-order valence-corrected chi connectivity index (χ3v) is 5.21. The molecule has 8 heteroatoms. The van der Waals surface area contributed by atoms with Crippen LogP contribution >= 0.6 is 0 Å². The highest BCUT2D eigenvalue weighted by atomic mass is 16.5. The zero-order valence-electron chi connectivity index (χ0n) is 18.2. The summed E-state index contributed by atoms with van der Waals surface area (Å²) in [6.07, 6.45) is 0.915. The SMILES string of the molecule is CC/C(Nc1ccc(N(C)C(=O)CCN)cc1)=C1\C(=O)Nc2cc(OC)c(OC)cc21. The molecule has 0 radical (unpaired) electrons. The molecule has 0 atom stereocenters. The highest BCUT2D eigenvalue weighted by molar-refractivity contribution is 6.32. The molecular formula is C23H28N4O4. The van der Waals surface area contributed by atoms with Crippen LogP contribution in [0.3, 0.4) is 0 Å². The van der Waals surface area contributed by atoms with Crippen molar-refractivity contribution < 1.29 is 19.1 Å². The Hall–Kier alpha value is -3.52. The van der Waals surface area contributed by atoms with Crippen LogP contribution in [0.15, 0.2) is 42.1 Å². The molecule has 4 N–H and O–H groups in total. The second-order valence-electron chi connectivity index (χ2n) is 7.08. The molecule has 3 rings (SSSR count). The molecule has 2 amide bonds. The number of ether oxygens (including phenoxy) is 2. The summed E-state index contributed by atoms with van der Waals surface area (Å²) in [4.78, 5) is 26.4. The van der Waals surface area contributed by atoms with Crippen molar-refractivity contribution in [1.82, 2.24) is 0 Å². The molecule has 0 saturated heterocycles. The maximum absolute atomic E-state index is 12.8. The Bertz CT molecular complexity index is 1010. The molecule has 0 bridgehead atoms. The van der Waals surface area contributed by atoms with Gasteiger partial charge in [-0.2, -0.15) is 0 Å². The van der Waals surface area contributed by atoms with E-state index in [9.17, 15) is 9.59 Å². The number of methoxy groups -OCH3 is 2. The number of anilines is 3. The molecule has 0 fully saturated rings. The fraction of sp³-hybridized carbons (Fsp3) is 0.304. The van der Waals surface area contributed by atoms with Gasteiger partial charge in [0.25, 0.3) is 5.91 Å². The zero-order valence-corrected chi connectivity index (χ0v) is 18.2. The van der Waals surface area contributed by atoms with Crippen molar-refractivity contribution in [1.29, 1.82) is 0 Å². The van der Waals surface area contributed by atoms with Gasteiger partial charge in [-0.05, 0) is 36.8 Å². The van der Waals surface area contributed by atoms with Crippen molar-refractivity contribution in [3.63, 3.8) is 0 Å². The Morgan fingerprint density at radius 3 is 2.35 bits per heavy atom. The number of benzene rings is 2. The molecule has 1 aliphatic rings. The maximum atomic E-state index is 12.8. The van der Waals surface area contributed by atoms with E-state index in [1.807, 2.05) is 31.2 Å². The van der Waals surface area contributed by atoms with Crippen LogP contribution in [0.2, 0.25) is 0 Å². The van der Waals surface area contributed by atoms with E-state index in [0.29, 0.717) is 42.1 Å². The fourth-order valence-corrected chi connectivity index (χ4v) is 3.50. The van der Waals surface area contributed by atoms with Crippen molar-refractivity contribution >= 4 is 34.4 Å². The largest absolute Gasteiger partial charge is 0.493 e. The highest BCUT2D eigenvalue weighted by Crippen LogP contribution is 2.42. The van der Waals surface area contributed by atoms with Crippen LogP contribution in [0, 0.1) is 0 Å². The lowest BCUT2D eigenvalue weighted by atomic mass is 10.0. The summed E-state index contributed by atoms with van der Waals surface area (Å²) in [6, 6.07) is 11.0. The molecule has 0 spiro atoms. The minimum absolute atomic E-state index is 0.0387. The number of carbonyl (C=O) groups excluding carboxylic acids is 2. The number of hydrogen-bond donors (Lipinski definition) is 3. The summed E-state index contributed by atoms with van der Waals surface area (Å²) in [6.45, 7) is 2.30. The van der Waals surface area contributed by atoms with Gasteiger partial charge in [0, 0.05) is 48.7 Å². The molecule has 2 aromatic carbocycles. The van der Waals surface area contributed by atoms with E-state index in [1.165, 1.54) is 0 Å². The number of allylic oxidation sites excluding steroid dienone is 1. The predicted octanol–water partition coefficient (Wildman–Crippen LogP) is 3.20.